The summed E-state index contributed by atoms with van der Waals surface area (Å²) in [4.78, 5) is 23.7. The lowest BCUT2D eigenvalue weighted by molar-refractivity contribution is -0.141. The van der Waals surface area contributed by atoms with Crippen molar-refractivity contribution in [2.75, 3.05) is 24.6 Å². The minimum absolute atomic E-state index is 0.108. The highest BCUT2D eigenvalue weighted by Gasteiger charge is 2.24. The molecule has 72 valence electrons. The van der Waals surface area contributed by atoms with Crippen LogP contribution in [0.4, 0.5) is 0 Å². The van der Waals surface area contributed by atoms with Gasteiger partial charge in [0, 0.05) is 13.1 Å². The first-order valence-corrected chi connectivity index (χ1v) is 5.17. The number of hydrogen-bond acceptors (Lipinski definition) is 4. The van der Waals surface area contributed by atoms with Crippen LogP contribution in [0, 0.1) is 0 Å². The third kappa shape index (κ3) is 2.86. The van der Waals surface area contributed by atoms with Crippen molar-refractivity contribution in [1.82, 2.24) is 4.90 Å². The van der Waals surface area contributed by atoms with Crippen LogP contribution in [0.3, 0.4) is 0 Å². The molecule has 0 aliphatic carbocycles. The van der Waals surface area contributed by atoms with E-state index in [9.17, 15) is 9.59 Å². The van der Waals surface area contributed by atoms with E-state index in [2.05, 4.69) is 0 Å². The summed E-state index contributed by atoms with van der Waals surface area (Å²) in [5, 5.41) is 0. The molecule has 2 amide bonds. The zero-order valence-electron chi connectivity index (χ0n) is 7.23. The smallest absolute Gasteiger partial charge is 0.239 e. The van der Waals surface area contributed by atoms with Gasteiger partial charge in [0.15, 0.2) is 0 Å². The quantitative estimate of drug-likeness (QED) is 0.497. The van der Waals surface area contributed by atoms with Crippen molar-refractivity contribution in [2.24, 2.45) is 5.73 Å². The fourth-order valence-corrected chi connectivity index (χ4v) is 1.76. The van der Waals surface area contributed by atoms with E-state index in [4.69, 9.17) is 5.73 Å². The molecule has 0 unspecified atom stereocenters. The highest BCUT2D eigenvalue weighted by molar-refractivity contribution is 8.00. The first-order valence-electron chi connectivity index (χ1n) is 4.01. The predicted octanol–water partition coefficient (Wildman–Crippen LogP) is -0.397. The minimum atomic E-state index is -0.108. The Morgan fingerprint density at radius 1 is 1.31 bits per heavy atom. The van der Waals surface area contributed by atoms with Crippen molar-refractivity contribution in [3.8, 4) is 0 Å². The SMILES string of the molecule is NC/C=C/CN1C(=O)CSCC1=O. The van der Waals surface area contributed by atoms with Crippen LogP contribution in [-0.4, -0.2) is 41.3 Å². The molecule has 0 saturated carbocycles. The van der Waals surface area contributed by atoms with E-state index in [0.29, 0.717) is 24.6 Å². The fourth-order valence-electron chi connectivity index (χ4n) is 1.00. The molecule has 0 atom stereocenters. The van der Waals surface area contributed by atoms with Gasteiger partial charge in [0.2, 0.25) is 11.8 Å². The second-order valence-corrected chi connectivity index (χ2v) is 3.58. The van der Waals surface area contributed by atoms with E-state index >= 15 is 0 Å². The van der Waals surface area contributed by atoms with E-state index < -0.39 is 0 Å². The summed E-state index contributed by atoms with van der Waals surface area (Å²) in [7, 11) is 0. The molecule has 0 radical (unpaired) electrons. The molecule has 13 heavy (non-hydrogen) atoms. The average Bonchev–Trinajstić information content (AvgIpc) is 2.10. The van der Waals surface area contributed by atoms with Crippen LogP contribution in [-0.2, 0) is 9.59 Å². The van der Waals surface area contributed by atoms with Crippen LogP contribution in [0.2, 0.25) is 0 Å². The van der Waals surface area contributed by atoms with Crippen LogP contribution in [0.1, 0.15) is 0 Å². The summed E-state index contributed by atoms with van der Waals surface area (Å²) in [6.45, 7) is 0.792. The highest BCUT2D eigenvalue weighted by atomic mass is 32.2. The summed E-state index contributed by atoms with van der Waals surface area (Å²) in [6, 6.07) is 0. The molecular formula is C8H12N2O2S. The first kappa shape index (κ1) is 10.3. The Balaban J connectivity index is 2.49. The topological polar surface area (TPSA) is 63.4 Å². The number of nitrogens with zero attached hydrogens (tertiary/aromatic N) is 1. The molecule has 0 aromatic heterocycles. The van der Waals surface area contributed by atoms with Crippen molar-refractivity contribution >= 4 is 23.6 Å². The maximum Gasteiger partial charge on any atom is 0.239 e. The third-order valence-corrected chi connectivity index (χ3v) is 2.55. The molecule has 1 rings (SSSR count). The zero-order valence-corrected chi connectivity index (χ0v) is 8.05. The van der Waals surface area contributed by atoms with E-state index in [-0.39, 0.29) is 11.8 Å². The number of amides is 2. The van der Waals surface area contributed by atoms with Gasteiger partial charge in [0.25, 0.3) is 0 Å². The van der Waals surface area contributed by atoms with Gasteiger partial charge < -0.3 is 5.73 Å². The Morgan fingerprint density at radius 3 is 2.46 bits per heavy atom. The Morgan fingerprint density at radius 2 is 1.92 bits per heavy atom. The van der Waals surface area contributed by atoms with Crippen LogP contribution < -0.4 is 5.73 Å². The van der Waals surface area contributed by atoms with Gasteiger partial charge in [-0.1, -0.05) is 12.2 Å². The van der Waals surface area contributed by atoms with Gasteiger partial charge in [-0.05, 0) is 0 Å². The summed E-state index contributed by atoms with van der Waals surface area (Å²) in [6.07, 6.45) is 3.48. The summed E-state index contributed by atoms with van der Waals surface area (Å²) < 4.78 is 0. The zero-order chi connectivity index (χ0) is 9.68. The lowest BCUT2D eigenvalue weighted by Crippen LogP contribution is -2.42. The second-order valence-electron chi connectivity index (χ2n) is 2.60. The Kier molecular flexibility index (Phi) is 3.98. The number of nitrogens with two attached hydrogens (primary N) is 1. The Hall–Kier alpha value is -0.810. The van der Waals surface area contributed by atoms with E-state index in [1.807, 2.05) is 0 Å². The molecule has 2 N–H and O–H groups in total. The number of thioether (sulfide) groups is 1. The van der Waals surface area contributed by atoms with Crippen LogP contribution in [0.5, 0.6) is 0 Å². The second kappa shape index (κ2) is 5.04. The Bertz CT molecular complexity index is 224. The number of rotatable bonds is 3. The van der Waals surface area contributed by atoms with E-state index in [1.165, 1.54) is 16.7 Å². The van der Waals surface area contributed by atoms with Gasteiger partial charge >= 0.3 is 0 Å². The minimum Gasteiger partial charge on any atom is -0.327 e. The van der Waals surface area contributed by atoms with Gasteiger partial charge in [-0.25, -0.2) is 0 Å². The number of carbonyl (C=O) groups excluding carboxylic acids is 2. The van der Waals surface area contributed by atoms with Crippen molar-refractivity contribution in [1.29, 1.82) is 0 Å². The molecular weight excluding hydrogens is 188 g/mol. The molecule has 1 heterocycles. The van der Waals surface area contributed by atoms with Gasteiger partial charge in [-0.15, -0.1) is 11.8 Å². The normalized spacial score (nSPS) is 18.7. The largest absolute Gasteiger partial charge is 0.327 e. The van der Waals surface area contributed by atoms with Crippen molar-refractivity contribution in [3.05, 3.63) is 12.2 Å². The van der Waals surface area contributed by atoms with Gasteiger partial charge in [-0.3, -0.25) is 14.5 Å². The molecule has 1 aliphatic heterocycles. The molecule has 5 heteroatoms. The summed E-state index contributed by atoms with van der Waals surface area (Å²) in [5.74, 6) is 0.593. The lowest BCUT2D eigenvalue weighted by atomic mass is 10.4. The van der Waals surface area contributed by atoms with Crippen LogP contribution >= 0.6 is 11.8 Å². The van der Waals surface area contributed by atoms with E-state index in [1.54, 1.807) is 12.2 Å². The number of hydrogen-bond donors (Lipinski definition) is 1. The third-order valence-electron chi connectivity index (χ3n) is 1.64. The average molecular weight is 200 g/mol. The highest BCUT2D eigenvalue weighted by Crippen LogP contribution is 2.11. The number of imide groups is 1. The summed E-state index contributed by atoms with van der Waals surface area (Å²) in [5.41, 5.74) is 5.23. The van der Waals surface area contributed by atoms with Gasteiger partial charge in [0.05, 0.1) is 11.5 Å². The van der Waals surface area contributed by atoms with E-state index in [0.717, 1.165) is 0 Å². The first-order chi connectivity index (χ1) is 6.25. The monoisotopic (exact) mass is 200 g/mol. The van der Waals surface area contributed by atoms with Crippen molar-refractivity contribution < 1.29 is 9.59 Å². The molecule has 0 bridgehead atoms. The predicted molar refractivity (Wildman–Crippen MR) is 52.2 cm³/mol. The van der Waals surface area contributed by atoms with Crippen LogP contribution in [0.25, 0.3) is 0 Å². The molecule has 0 spiro atoms. The molecule has 1 aliphatic rings. The molecule has 1 fully saturated rings. The van der Waals surface area contributed by atoms with Gasteiger partial charge in [0.1, 0.15) is 0 Å². The summed E-state index contributed by atoms with van der Waals surface area (Å²) >= 11 is 1.36. The maximum atomic E-state index is 11.2. The van der Waals surface area contributed by atoms with Crippen molar-refractivity contribution in [3.63, 3.8) is 0 Å². The fraction of sp³-hybridized carbons (Fsp3) is 0.500. The number of carbonyl (C=O) groups is 2. The maximum absolute atomic E-state index is 11.2. The Labute approximate surface area is 81.1 Å². The van der Waals surface area contributed by atoms with Gasteiger partial charge in [-0.2, -0.15) is 0 Å². The molecule has 0 aromatic rings. The lowest BCUT2D eigenvalue weighted by Gasteiger charge is -2.22. The molecule has 4 nitrogen and oxygen atoms in total. The standard InChI is InChI=1S/C8H12N2O2S/c9-3-1-2-4-10-7(11)5-13-6-8(10)12/h1-2H,3-6,9H2/b2-1+. The molecule has 1 saturated heterocycles. The van der Waals surface area contributed by atoms with Crippen molar-refractivity contribution in [2.45, 2.75) is 0 Å². The van der Waals surface area contributed by atoms with Crippen LogP contribution in [0.15, 0.2) is 12.2 Å². The molecule has 0 aromatic carbocycles.